The molecule has 0 aliphatic carbocycles. The molecule has 0 aromatic heterocycles. The molecular weight excluding hydrogens is 232 g/mol. The van der Waals surface area contributed by atoms with E-state index in [2.05, 4.69) is 19.1 Å². The molecule has 1 heteroatoms. The van der Waals surface area contributed by atoms with Crippen molar-refractivity contribution in [2.24, 2.45) is 0 Å². The molecule has 0 saturated carbocycles. The van der Waals surface area contributed by atoms with Gasteiger partial charge in [-0.3, -0.25) is 4.79 Å². The minimum atomic E-state index is 0.859. The molecule has 0 saturated heterocycles. The van der Waals surface area contributed by atoms with Crippen molar-refractivity contribution in [1.82, 2.24) is 0 Å². The predicted molar refractivity (Wildman–Crippen MR) is 85.4 cm³/mol. The third-order valence-corrected chi connectivity index (χ3v) is 3.33. The van der Waals surface area contributed by atoms with Crippen molar-refractivity contribution in [3.8, 4) is 0 Å². The summed E-state index contributed by atoms with van der Waals surface area (Å²) in [6, 6.07) is 0. The first-order valence-corrected chi connectivity index (χ1v) is 8.17. The van der Waals surface area contributed by atoms with Crippen LogP contribution in [0.25, 0.3) is 0 Å². The molecule has 0 spiro atoms. The lowest BCUT2D eigenvalue weighted by molar-refractivity contribution is -0.104. The lowest BCUT2D eigenvalue weighted by atomic mass is 10.1. The van der Waals surface area contributed by atoms with Gasteiger partial charge < -0.3 is 0 Å². The summed E-state index contributed by atoms with van der Waals surface area (Å²) in [5.74, 6) is 0. The molecule has 0 aliphatic heterocycles. The van der Waals surface area contributed by atoms with E-state index in [1.807, 2.05) is 6.08 Å². The van der Waals surface area contributed by atoms with Crippen LogP contribution in [0.3, 0.4) is 0 Å². The van der Waals surface area contributed by atoms with Crippen LogP contribution in [0.2, 0.25) is 0 Å². The first-order chi connectivity index (χ1) is 9.41. The first-order valence-electron chi connectivity index (χ1n) is 8.17. The van der Waals surface area contributed by atoms with Gasteiger partial charge in [-0.05, 0) is 38.2 Å². The van der Waals surface area contributed by atoms with Crippen molar-refractivity contribution in [3.05, 3.63) is 24.3 Å². The van der Waals surface area contributed by atoms with Gasteiger partial charge in [-0.1, -0.05) is 70.1 Å². The third kappa shape index (κ3) is 17.1. The normalized spacial score (nSPS) is 11.6. The van der Waals surface area contributed by atoms with Gasteiger partial charge in [-0.2, -0.15) is 0 Å². The zero-order valence-corrected chi connectivity index (χ0v) is 12.8. The molecule has 0 amide bonds. The smallest absolute Gasteiger partial charge is 0.142 e. The summed E-state index contributed by atoms with van der Waals surface area (Å²) in [6.45, 7) is 2.23. The van der Waals surface area contributed by atoms with Gasteiger partial charge >= 0.3 is 0 Å². The van der Waals surface area contributed by atoms with E-state index in [1.54, 1.807) is 6.08 Å². The number of allylic oxidation sites excluding steroid dienone is 4. The van der Waals surface area contributed by atoms with E-state index in [0.717, 1.165) is 12.7 Å². The number of hydrogen-bond acceptors (Lipinski definition) is 1. The molecule has 0 fully saturated rings. The maximum absolute atomic E-state index is 10.0. The summed E-state index contributed by atoms with van der Waals surface area (Å²) >= 11 is 0. The number of hydrogen-bond donors (Lipinski definition) is 0. The Hall–Kier alpha value is -0.850. The standard InChI is InChI=1S/C18H32O/c1-2-3-4-5-6-7-8-9-10-11-12-13-14-15-16-17-18-19/h4-5,16-18H,2-3,6-15H2,1H3. The Morgan fingerprint density at radius 3 is 1.63 bits per heavy atom. The zero-order chi connectivity index (χ0) is 14.0. The van der Waals surface area contributed by atoms with Crippen molar-refractivity contribution in [1.29, 1.82) is 0 Å². The molecular formula is C18H32O. The Labute approximate surface area is 120 Å². The Bertz CT molecular complexity index is 228. The lowest BCUT2D eigenvalue weighted by Crippen LogP contribution is -1.81. The fourth-order valence-electron chi connectivity index (χ4n) is 2.14. The van der Waals surface area contributed by atoms with Crippen LogP contribution in [0.15, 0.2) is 24.3 Å². The summed E-state index contributed by atoms with van der Waals surface area (Å²) in [7, 11) is 0. The molecule has 0 radical (unpaired) electrons. The van der Waals surface area contributed by atoms with Crippen LogP contribution in [0.4, 0.5) is 0 Å². The van der Waals surface area contributed by atoms with Crippen LogP contribution in [-0.4, -0.2) is 6.29 Å². The number of carbonyl (C=O) groups excluding carboxylic acids is 1. The third-order valence-electron chi connectivity index (χ3n) is 3.33. The van der Waals surface area contributed by atoms with Crippen LogP contribution in [0.1, 0.15) is 84.0 Å². The van der Waals surface area contributed by atoms with Crippen molar-refractivity contribution < 1.29 is 4.79 Å². The number of rotatable bonds is 14. The second-order valence-corrected chi connectivity index (χ2v) is 5.23. The predicted octanol–water partition coefficient (Wildman–Crippen LogP) is 6.00. The van der Waals surface area contributed by atoms with Gasteiger partial charge in [0.15, 0.2) is 0 Å². The van der Waals surface area contributed by atoms with E-state index < -0.39 is 0 Å². The van der Waals surface area contributed by atoms with E-state index in [0.29, 0.717) is 0 Å². The molecule has 0 bridgehead atoms. The van der Waals surface area contributed by atoms with E-state index in [4.69, 9.17) is 0 Å². The monoisotopic (exact) mass is 264 g/mol. The Balaban J connectivity index is 3.02. The van der Waals surface area contributed by atoms with Crippen LogP contribution in [0.5, 0.6) is 0 Å². The first kappa shape index (κ1) is 18.1. The molecule has 0 heterocycles. The summed E-state index contributed by atoms with van der Waals surface area (Å²) < 4.78 is 0. The fourth-order valence-corrected chi connectivity index (χ4v) is 2.14. The average molecular weight is 264 g/mol. The molecule has 0 rings (SSSR count). The molecule has 110 valence electrons. The van der Waals surface area contributed by atoms with Gasteiger partial charge in [0.2, 0.25) is 0 Å². The molecule has 0 N–H and O–H groups in total. The average Bonchev–Trinajstić information content (AvgIpc) is 2.43. The fraction of sp³-hybridized carbons (Fsp3) is 0.722. The Morgan fingerprint density at radius 1 is 0.632 bits per heavy atom. The highest BCUT2D eigenvalue weighted by atomic mass is 16.1. The molecule has 0 aliphatic rings. The highest BCUT2D eigenvalue weighted by Gasteiger charge is 1.91. The Kier molecular flexibility index (Phi) is 16.4. The summed E-state index contributed by atoms with van der Waals surface area (Å²) in [4.78, 5) is 10.0. The molecule has 0 aromatic carbocycles. The largest absolute Gasteiger partial charge is 0.299 e. The quantitative estimate of drug-likeness (QED) is 0.163. The minimum Gasteiger partial charge on any atom is -0.299 e. The topological polar surface area (TPSA) is 17.1 Å². The van der Waals surface area contributed by atoms with Crippen LogP contribution < -0.4 is 0 Å². The summed E-state index contributed by atoms with van der Waals surface area (Å²) in [5.41, 5.74) is 0. The van der Waals surface area contributed by atoms with E-state index >= 15 is 0 Å². The van der Waals surface area contributed by atoms with Gasteiger partial charge in [0.25, 0.3) is 0 Å². The van der Waals surface area contributed by atoms with Crippen molar-refractivity contribution in [2.75, 3.05) is 0 Å². The number of aldehydes is 1. The summed E-state index contributed by atoms with van der Waals surface area (Å²) in [6.07, 6.45) is 24.7. The minimum absolute atomic E-state index is 0.859. The highest BCUT2D eigenvalue weighted by molar-refractivity contribution is 5.64. The SMILES string of the molecule is CCCC=CCCCCCCCCCCC=CC=O. The van der Waals surface area contributed by atoms with Gasteiger partial charge in [0, 0.05) is 0 Å². The second kappa shape index (κ2) is 17.2. The van der Waals surface area contributed by atoms with Crippen molar-refractivity contribution in [3.63, 3.8) is 0 Å². The number of unbranched alkanes of at least 4 members (excludes halogenated alkanes) is 10. The molecule has 0 unspecified atom stereocenters. The molecule has 19 heavy (non-hydrogen) atoms. The van der Waals surface area contributed by atoms with Crippen molar-refractivity contribution in [2.45, 2.75) is 84.0 Å². The Morgan fingerprint density at radius 2 is 1.11 bits per heavy atom. The van der Waals surface area contributed by atoms with E-state index in [-0.39, 0.29) is 0 Å². The molecule has 0 atom stereocenters. The molecule has 1 nitrogen and oxygen atoms in total. The van der Waals surface area contributed by atoms with Crippen LogP contribution in [0, 0.1) is 0 Å². The second-order valence-electron chi connectivity index (χ2n) is 5.23. The van der Waals surface area contributed by atoms with Gasteiger partial charge in [0.1, 0.15) is 6.29 Å². The van der Waals surface area contributed by atoms with Gasteiger partial charge in [-0.25, -0.2) is 0 Å². The maximum atomic E-state index is 10.0. The zero-order valence-electron chi connectivity index (χ0n) is 12.8. The van der Waals surface area contributed by atoms with Crippen LogP contribution in [-0.2, 0) is 4.79 Å². The van der Waals surface area contributed by atoms with E-state index in [1.165, 1.54) is 70.6 Å². The van der Waals surface area contributed by atoms with Crippen molar-refractivity contribution >= 4 is 6.29 Å². The maximum Gasteiger partial charge on any atom is 0.142 e. The van der Waals surface area contributed by atoms with E-state index in [9.17, 15) is 4.79 Å². The summed E-state index contributed by atoms with van der Waals surface area (Å²) in [5, 5.41) is 0. The molecule has 0 aromatic rings. The number of carbonyl (C=O) groups is 1. The van der Waals surface area contributed by atoms with Crippen LogP contribution >= 0.6 is 0 Å². The van der Waals surface area contributed by atoms with Gasteiger partial charge in [0.05, 0.1) is 0 Å². The highest BCUT2D eigenvalue weighted by Crippen LogP contribution is 2.11. The van der Waals surface area contributed by atoms with Gasteiger partial charge in [-0.15, -0.1) is 0 Å². The lowest BCUT2D eigenvalue weighted by Gasteiger charge is -2.00.